The number of halogens is 1. The molecule has 0 radical (unpaired) electrons. The van der Waals surface area contributed by atoms with Gasteiger partial charge in [-0.25, -0.2) is 9.07 Å². The average molecular weight is 445 g/mol. The first-order valence-electron chi connectivity index (χ1n) is 10.7. The molecule has 0 atom stereocenters. The zero-order valence-corrected chi connectivity index (χ0v) is 18.9. The number of carbonyl (C=O) groups excluding carboxylic acids is 3. The molecule has 0 saturated carbocycles. The Bertz CT molecular complexity index is 994. The van der Waals surface area contributed by atoms with Gasteiger partial charge in [0.05, 0.1) is 41.7 Å². The Hall–Kier alpha value is -3.23. The van der Waals surface area contributed by atoms with Gasteiger partial charge in [-0.15, -0.1) is 0 Å². The second kappa shape index (κ2) is 9.93. The van der Waals surface area contributed by atoms with Crippen LogP contribution in [0.5, 0.6) is 0 Å². The van der Waals surface area contributed by atoms with Gasteiger partial charge in [0.25, 0.3) is 5.91 Å². The second-order valence-corrected chi connectivity index (χ2v) is 8.00. The molecule has 2 heterocycles. The van der Waals surface area contributed by atoms with Gasteiger partial charge < -0.3 is 14.5 Å². The Morgan fingerprint density at radius 1 is 1.16 bits per heavy atom. The molecule has 32 heavy (non-hydrogen) atoms. The van der Waals surface area contributed by atoms with E-state index < -0.39 is 0 Å². The van der Waals surface area contributed by atoms with Crippen LogP contribution in [0.3, 0.4) is 0 Å². The van der Waals surface area contributed by atoms with Crippen molar-refractivity contribution < 1.29 is 23.5 Å². The summed E-state index contributed by atoms with van der Waals surface area (Å²) in [6, 6.07) is 5.86. The van der Waals surface area contributed by atoms with Crippen LogP contribution in [0.25, 0.3) is 5.69 Å². The zero-order chi connectivity index (χ0) is 23.4. The Morgan fingerprint density at radius 2 is 1.78 bits per heavy atom. The minimum atomic E-state index is -0.351. The highest BCUT2D eigenvalue weighted by Crippen LogP contribution is 2.21. The van der Waals surface area contributed by atoms with Crippen LogP contribution in [0, 0.1) is 25.6 Å². The Morgan fingerprint density at radius 3 is 2.38 bits per heavy atom. The average Bonchev–Trinajstić information content (AvgIpc) is 3.07. The van der Waals surface area contributed by atoms with Crippen LogP contribution in [0.1, 0.15) is 41.5 Å². The van der Waals surface area contributed by atoms with Gasteiger partial charge in [-0.3, -0.25) is 14.4 Å². The lowest BCUT2D eigenvalue weighted by atomic mass is 9.97. The molecule has 1 saturated heterocycles. The molecule has 1 aromatic carbocycles. The predicted octanol–water partition coefficient (Wildman–Crippen LogP) is 2.50. The quantitative estimate of drug-likeness (QED) is 0.639. The van der Waals surface area contributed by atoms with Crippen molar-refractivity contribution >= 4 is 17.8 Å². The van der Waals surface area contributed by atoms with Crippen LogP contribution >= 0.6 is 0 Å². The van der Waals surface area contributed by atoms with Crippen molar-refractivity contribution in [2.75, 3.05) is 33.3 Å². The molecular weight excluding hydrogens is 415 g/mol. The van der Waals surface area contributed by atoms with E-state index in [9.17, 15) is 18.8 Å². The summed E-state index contributed by atoms with van der Waals surface area (Å²) in [6.45, 7) is 6.49. The van der Waals surface area contributed by atoms with Crippen molar-refractivity contribution in [3.63, 3.8) is 0 Å². The molecule has 8 nitrogen and oxygen atoms in total. The molecule has 0 unspecified atom stereocenters. The van der Waals surface area contributed by atoms with Crippen LogP contribution in [-0.2, 0) is 14.3 Å². The first-order chi connectivity index (χ1) is 15.2. The summed E-state index contributed by atoms with van der Waals surface area (Å²) >= 11 is 0. The van der Waals surface area contributed by atoms with E-state index >= 15 is 0 Å². The van der Waals surface area contributed by atoms with Crippen LogP contribution in [0.4, 0.5) is 4.39 Å². The lowest BCUT2D eigenvalue weighted by Gasteiger charge is -2.32. The highest BCUT2D eigenvalue weighted by atomic mass is 19.1. The van der Waals surface area contributed by atoms with Crippen molar-refractivity contribution in [3.05, 3.63) is 47.0 Å². The third kappa shape index (κ3) is 4.98. The third-order valence-corrected chi connectivity index (χ3v) is 5.76. The van der Waals surface area contributed by atoms with Crippen molar-refractivity contribution in [2.24, 2.45) is 5.92 Å². The van der Waals surface area contributed by atoms with Crippen molar-refractivity contribution in [1.29, 1.82) is 0 Å². The number of rotatable bonds is 6. The number of likely N-dealkylation sites (tertiary alicyclic amines) is 1. The predicted molar refractivity (Wildman–Crippen MR) is 116 cm³/mol. The molecule has 2 aromatic rings. The molecule has 0 aliphatic carbocycles. The lowest BCUT2D eigenvalue weighted by molar-refractivity contribution is -0.151. The van der Waals surface area contributed by atoms with Crippen LogP contribution in [-0.4, -0.2) is 70.7 Å². The van der Waals surface area contributed by atoms with E-state index in [0.717, 1.165) is 0 Å². The van der Waals surface area contributed by atoms with E-state index in [4.69, 9.17) is 4.74 Å². The number of aromatic nitrogens is 2. The van der Waals surface area contributed by atoms with Gasteiger partial charge in [-0.2, -0.15) is 5.10 Å². The molecule has 172 valence electrons. The molecule has 1 aliphatic rings. The SMILES string of the molecule is CCOC(=O)C1CCN(C(=O)CN(C)C(=O)c2c(C)nn(-c3ccc(F)cc3)c2C)CC1. The van der Waals surface area contributed by atoms with Gasteiger partial charge in [-0.1, -0.05) is 0 Å². The molecule has 0 N–H and O–H groups in total. The first-order valence-corrected chi connectivity index (χ1v) is 10.7. The number of carbonyl (C=O) groups is 3. The summed E-state index contributed by atoms with van der Waals surface area (Å²) in [4.78, 5) is 40.8. The van der Waals surface area contributed by atoms with E-state index in [1.54, 1.807) is 49.5 Å². The lowest BCUT2D eigenvalue weighted by Crippen LogP contribution is -2.45. The van der Waals surface area contributed by atoms with Crippen molar-refractivity contribution in [3.8, 4) is 5.69 Å². The number of hydrogen-bond acceptors (Lipinski definition) is 5. The maximum Gasteiger partial charge on any atom is 0.309 e. The van der Waals surface area contributed by atoms with E-state index in [-0.39, 0.29) is 36.1 Å². The highest BCUT2D eigenvalue weighted by Gasteiger charge is 2.30. The monoisotopic (exact) mass is 444 g/mol. The van der Waals surface area contributed by atoms with Crippen LogP contribution < -0.4 is 0 Å². The number of ether oxygens (including phenoxy) is 1. The molecular formula is C23H29FN4O4. The van der Waals surface area contributed by atoms with Crippen LogP contribution in [0.2, 0.25) is 0 Å². The molecule has 2 amide bonds. The number of benzene rings is 1. The van der Waals surface area contributed by atoms with Crippen molar-refractivity contribution in [1.82, 2.24) is 19.6 Å². The normalized spacial score (nSPS) is 14.3. The molecule has 0 bridgehead atoms. The van der Waals surface area contributed by atoms with E-state index in [0.29, 0.717) is 55.2 Å². The number of aryl methyl sites for hydroxylation is 1. The van der Waals surface area contributed by atoms with Crippen molar-refractivity contribution in [2.45, 2.75) is 33.6 Å². The second-order valence-electron chi connectivity index (χ2n) is 8.00. The Labute approximate surface area is 186 Å². The molecule has 3 rings (SSSR count). The fourth-order valence-corrected chi connectivity index (χ4v) is 3.98. The van der Waals surface area contributed by atoms with Gasteiger partial charge in [0.15, 0.2) is 0 Å². The van der Waals surface area contributed by atoms with Gasteiger partial charge in [0.1, 0.15) is 5.82 Å². The zero-order valence-electron chi connectivity index (χ0n) is 18.9. The summed E-state index contributed by atoms with van der Waals surface area (Å²) in [7, 11) is 1.58. The van der Waals surface area contributed by atoms with E-state index in [1.165, 1.54) is 17.0 Å². The highest BCUT2D eigenvalue weighted by molar-refractivity contribution is 5.98. The summed E-state index contributed by atoms with van der Waals surface area (Å²) in [6.07, 6.45) is 1.12. The Balaban J connectivity index is 1.64. The molecule has 1 aromatic heterocycles. The van der Waals surface area contributed by atoms with Gasteiger partial charge in [0.2, 0.25) is 5.91 Å². The number of likely N-dealkylation sites (N-methyl/N-ethyl adjacent to an activating group) is 1. The molecule has 9 heteroatoms. The summed E-state index contributed by atoms with van der Waals surface area (Å²) in [5.74, 6) is -1.21. The minimum absolute atomic E-state index is 0.0660. The summed E-state index contributed by atoms with van der Waals surface area (Å²) in [5, 5.41) is 4.43. The molecule has 1 aliphatic heterocycles. The standard InChI is InChI=1S/C23H29FN4O4/c1-5-32-23(31)17-10-12-27(13-11-17)20(29)14-26(4)22(30)21-15(2)25-28(16(21)3)19-8-6-18(24)7-9-19/h6-9,17H,5,10-14H2,1-4H3. The van der Waals surface area contributed by atoms with Gasteiger partial charge in [0, 0.05) is 20.1 Å². The smallest absolute Gasteiger partial charge is 0.309 e. The maximum atomic E-state index is 13.2. The number of nitrogens with zero attached hydrogens (tertiary/aromatic N) is 4. The van der Waals surface area contributed by atoms with E-state index in [1.807, 2.05) is 0 Å². The largest absolute Gasteiger partial charge is 0.466 e. The number of piperidine rings is 1. The summed E-state index contributed by atoms with van der Waals surface area (Å²) in [5.41, 5.74) is 2.22. The Kier molecular flexibility index (Phi) is 7.27. The fraction of sp³-hybridized carbons (Fsp3) is 0.478. The van der Waals surface area contributed by atoms with Crippen LogP contribution in [0.15, 0.2) is 24.3 Å². The summed E-state index contributed by atoms with van der Waals surface area (Å²) < 4.78 is 19.9. The molecule has 1 fully saturated rings. The number of amides is 2. The molecule has 0 spiro atoms. The third-order valence-electron chi connectivity index (χ3n) is 5.76. The fourth-order valence-electron chi connectivity index (χ4n) is 3.98. The number of hydrogen-bond donors (Lipinski definition) is 0. The number of esters is 1. The van der Waals surface area contributed by atoms with Gasteiger partial charge in [-0.05, 0) is 57.9 Å². The maximum absolute atomic E-state index is 13.2. The minimum Gasteiger partial charge on any atom is -0.466 e. The first kappa shape index (κ1) is 23.4. The topological polar surface area (TPSA) is 84.7 Å². The van der Waals surface area contributed by atoms with E-state index in [2.05, 4.69) is 5.10 Å². The van der Waals surface area contributed by atoms with Gasteiger partial charge >= 0.3 is 5.97 Å².